The van der Waals surface area contributed by atoms with Crippen molar-refractivity contribution in [1.29, 1.82) is 5.41 Å². The molecule has 0 radical (unpaired) electrons. The van der Waals surface area contributed by atoms with Crippen molar-refractivity contribution in [3.8, 4) is 23.0 Å². The van der Waals surface area contributed by atoms with Gasteiger partial charge in [0, 0.05) is 6.08 Å². The maximum atomic E-state index is 12.5. The number of carbonyl (C=O) groups excluding carboxylic acids is 1. The zero-order chi connectivity index (χ0) is 23.4. The van der Waals surface area contributed by atoms with Crippen LogP contribution in [0.25, 0.3) is 6.08 Å². The Morgan fingerprint density at radius 2 is 1.73 bits per heavy atom. The fraction of sp³-hybridized carbons (Fsp3) is 0.208. The minimum Gasteiger partial charge on any atom is -0.493 e. The Bertz CT molecular complexity index is 1140. The normalized spacial score (nSPS) is 16.1. The molecule has 1 amide bonds. The Hall–Kier alpha value is -4.27. The van der Waals surface area contributed by atoms with Crippen LogP contribution in [0.3, 0.4) is 0 Å². The first-order chi connectivity index (χ1) is 16.0. The summed E-state index contributed by atoms with van der Waals surface area (Å²) in [4.78, 5) is 22.0. The lowest BCUT2D eigenvalue weighted by atomic mass is 10.1. The average Bonchev–Trinajstić information content (AvgIpc) is 3.20. The van der Waals surface area contributed by atoms with E-state index in [9.17, 15) is 4.79 Å². The lowest BCUT2D eigenvalue weighted by molar-refractivity contribution is -0.114. The van der Waals surface area contributed by atoms with E-state index in [1.165, 1.54) is 25.4 Å². The summed E-state index contributed by atoms with van der Waals surface area (Å²) in [5, 5.41) is 9.57. The summed E-state index contributed by atoms with van der Waals surface area (Å²) in [6, 6.07) is 12.8. The average molecular weight is 449 g/mol. The van der Waals surface area contributed by atoms with Crippen molar-refractivity contribution >= 4 is 23.7 Å². The third kappa shape index (κ3) is 4.67. The number of hydrogen-bond acceptors (Lipinski definition) is 7. The molecule has 0 spiro atoms. The number of allylic oxidation sites excluding steroid dienone is 1. The summed E-state index contributed by atoms with van der Waals surface area (Å²) >= 11 is 0. The molecule has 0 saturated carbocycles. The van der Waals surface area contributed by atoms with E-state index in [4.69, 9.17) is 29.2 Å². The topological polar surface area (TPSA) is 103 Å². The highest BCUT2D eigenvalue weighted by Crippen LogP contribution is 2.39. The first kappa shape index (κ1) is 21.9. The molecule has 170 valence electrons. The quantitative estimate of drug-likeness (QED) is 0.485. The molecule has 0 bridgehead atoms. The minimum absolute atomic E-state index is 0.0795. The Balaban J connectivity index is 1.53. The van der Waals surface area contributed by atoms with Crippen molar-refractivity contribution in [3.63, 3.8) is 0 Å². The highest BCUT2D eigenvalue weighted by molar-refractivity contribution is 6.32. The third-order valence-corrected chi connectivity index (χ3v) is 4.82. The van der Waals surface area contributed by atoms with E-state index in [0.717, 1.165) is 5.75 Å². The highest BCUT2D eigenvalue weighted by Gasteiger charge is 2.34. The Kier molecular flexibility index (Phi) is 6.30. The van der Waals surface area contributed by atoms with Crippen LogP contribution in [-0.4, -0.2) is 50.1 Å². The number of hydrogen-bond donors (Lipinski definition) is 1. The number of rotatable bonds is 8. The summed E-state index contributed by atoms with van der Waals surface area (Å²) in [7, 11) is 3.02. The number of amidine groups is 2. The van der Waals surface area contributed by atoms with Crippen LogP contribution < -0.4 is 18.9 Å². The van der Waals surface area contributed by atoms with Gasteiger partial charge in [-0.15, -0.1) is 5.06 Å². The first-order valence-corrected chi connectivity index (χ1v) is 10.2. The summed E-state index contributed by atoms with van der Waals surface area (Å²) in [6.45, 7) is 2.32. The van der Waals surface area contributed by atoms with Crippen molar-refractivity contribution in [2.45, 2.75) is 6.92 Å². The molecular weight excluding hydrogens is 426 g/mol. The minimum atomic E-state index is -0.530. The van der Waals surface area contributed by atoms with Gasteiger partial charge in [0.1, 0.15) is 24.7 Å². The van der Waals surface area contributed by atoms with Gasteiger partial charge in [0.25, 0.3) is 5.91 Å². The SMILES string of the molecule is COc1cc(/C=C2\C(=N)N3OC(C)=CC3=NC2=O)cc(OC)c1OCCOc1ccccc1. The molecule has 1 N–H and O–H groups in total. The van der Waals surface area contributed by atoms with Crippen LogP contribution in [0.15, 0.2) is 64.9 Å². The van der Waals surface area contributed by atoms with Gasteiger partial charge in [0.05, 0.1) is 19.8 Å². The molecule has 0 saturated heterocycles. The molecule has 0 aromatic heterocycles. The van der Waals surface area contributed by atoms with E-state index in [1.807, 2.05) is 30.3 Å². The molecule has 9 nitrogen and oxygen atoms in total. The van der Waals surface area contributed by atoms with Gasteiger partial charge in [-0.25, -0.2) is 0 Å². The molecule has 0 fully saturated rings. The van der Waals surface area contributed by atoms with Gasteiger partial charge in [-0.3, -0.25) is 10.2 Å². The number of nitrogens with zero attached hydrogens (tertiary/aromatic N) is 2. The fourth-order valence-corrected chi connectivity index (χ4v) is 3.31. The Morgan fingerprint density at radius 3 is 2.39 bits per heavy atom. The van der Waals surface area contributed by atoms with Crippen LogP contribution in [0.5, 0.6) is 23.0 Å². The second-order valence-corrected chi connectivity index (χ2v) is 7.09. The number of amides is 1. The second kappa shape index (κ2) is 9.47. The zero-order valence-corrected chi connectivity index (χ0v) is 18.5. The lowest BCUT2D eigenvalue weighted by Crippen LogP contribution is -2.38. The standard InChI is InChI=1S/C24H23N3O6/c1-15-11-21-26-24(28)18(23(25)27(21)33-15)12-16-13-19(29-2)22(20(14-16)30-3)32-10-9-31-17-7-5-4-6-8-17/h4-8,11-14,25H,9-10H2,1-3H3/b18-12+,25-23?. The van der Waals surface area contributed by atoms with Gasteiger partial charge in [-0.1, -0.05) is 18.2 Å². The van der Waals surface area contributed by atoms with Crippen LogP contribution in [0.4, 0.5) is 0 Å². The van der Waals surface area contributed by atoms with E-state index in [2.05, 4.69) is 4.99 Å². The number of nitrogens with one attached hydrogen (secondary N) is 1. The van der Waals surface area contributed by atoms with Crippen molar-refractivity contribution < 1.29 is 28.6 Å². The molecule has 2 aromatic rings. The van der Waals surface area contributed by atoms with Crippen molar-refractivity contribution in [1.82, 2.24) is 5.06 Å². The van der Waals surface area contributed by atoms with Crippen LogP contribution in [-0.2, 0) is 9.63 Å². The third-order valence-electron chi connectivity index (χ3n) is 4.82. The highest BCUT2D eigenvalue weighted by atomic mass is 16.7. The lowest BCUT2D eigenvalue weighted by Gasteiger charge is -2.23. The molecular formula is C24H23N3O6. The molecule has 33 heavy (non-hydrogen) atoms. The van der Waals surface area contributed by atoms with Gasteiger partial charge in [-0.05, 0) is 42.8 Å². The van der Waals surface area contributed by atoms with E-state index in [1.54, 1.807) is 25.1 Å². The molecule has 4 rings (SSSR count). The zero-order valence-electron chi connectivity index (χ0n) is 18.5. The maximum absolute atomic E-state index is 12.5. The van der Waals surface area contributed by atoms with Gasteiger partial charge in [0.2, 0.25) is 5.75 Å². The van der Waals surface area contributed by atoms with Crippen LogP contribution in [0.2, 0.25) is 0 Å². The van der Waals surface area contributed by atoms with Crippen molar-refractivity contribution in [2.75, 3.05) is 27.4 Å². The number of hydroxylamine groups is 2. The van der Waals surface area contributed by atoms with Gasteiger partial charge >= 0.3 is 0 Å². The number of carbonyl (C=O) groups is 1. The van der Waals surface area contributed by atoms with Gasteiger partial charge in [0.15, 0.2) is 23.2 Å². The van der Waals surface area contributed by atoms with Crippen LogP contribution in [0.1, 0.15) is 12.5 Å². The maximum Gasteiger partial charge on any atom is 0.282 e. The molecule has 2 heterocycles. The van der Waals surface area contributed by atoms with E-state index in [-0.39, 0.29) is 23.9 Å². The predicted molar refractivity (Wildman–Crippen MR) is 122 cm³/mol. The van der Waals surface area contributed by atoms with Gasteiger partial charge in [-0.2, -0.15) is 4.99 Å². The Morgan fingerprint density at radius 1 is 1.06 bits per heavy atom. The molecule has 2 aliphatic rings. The number of methoxy groups -OCH3 is 2. The number of para-hydroxylation sites is 1. The number of fused-ring (bicyclic) bond motifs is 1. The molecule has 2 aliphatic heterocycles. The molecule has 9 heteroatoms. The number of ether oxygens (including phenoxy) is 4. The summed E-state index contributed by atoms with van der Waals surface area (Å²) < 4.78 is 22.5. The second-order valence-electron chi connectivity index (χ2n) is 7.09. The molecule has 0 atom stereocenters. The summed E-state index contributed by atoms with van der Waals surface area (Å²) in [5.74, 6) is 2.19. The van der Waals surface area contributed by atoms with E-state index >= 15 is 0 Å². The first-order valence-electron chi connectivity index (χ1n) is 10.2. The predicted octanol–water partition coefficient (Wildman–Crippen LogP) is 3.61. The molecule has 2 aromatic carbocycles. The molecule has 0 aliphatic carbocycles. The molecule has 0 unspecified atom stereocenters. The fourth-order valence-electron chi connectivity index (χ4n) is 3.31. The van der Waals surface area contributed by atoms with Crippen LogP contribution in [0, 0.1) is 5.41 Å². The van der Waals surface area contributed by atoms with E-state index in [0.29, 0.717) is 35.2 Å². The van der Waals surface area contributed by atoms with Crippen molar-refractivity contribution in [2.24, 2.45) is 4.99 Å². The van der Waals surface area contributed by atoms with Gasteiger partial charge < -0.3 is 23.8 Å². The number of aliphatic imine (C=N–C) groups is 1. The van der Waals surface area contributed by atoms with Crippen molar-refractivity contribution in [3.05, 3.63) is 65.4 Å². The van der Waals surface area contributed by atoms with Crippen LogP contribution >= 0.6 is 0 Å². The Labute approximate surface area is 191 Å². The summed E-state index contributed by atoms with van der Waals surface area (Å²) in [5.41, 5.74) is 0.656. The monoisotopic (exact) mass is 449 g/mol. The van der Waals surface area contributed by atoms with E-state index < -0.39 is 5.91 Å². The smallest absolute Gasteiger partial charge is 0.282 e. The largest absolute Gasteiger partial charge is 0.493 e. The number of benzene rings is 2. The summed E-state index contributed by atoms with van der Waals surface area (Å²) in [6.07, 6.45) is 3.14.